The van der Waals surface area contributed by atoms with Gasteiger partial charge in [0.1, 0.15) is 5.75 Å². The van der Waals surface area contributed by atoms with E-state index in [1.807, 2.05) is 12.1 Å². The number of rotatable bonds is 7. The second-order valence-corrected chi connectivity index (χ2v) is 4.25. The monoisotopic (exact) mass is 264 g/mol. The van der Waals surface area contributed by atoms with Gasteiger partial charge in [-0.25, -0.2) is 4.79 Å². The number of esters is 1. The molecule has 0 saturated carbocycles. The smallest absolute Gasteiger partial charge is 0.330 e. The van der Waals surface area contributed by atoms with E-state index in [-0.39, 0.29) is 11.7 Å². The molecule has 0 aliphatic heterocycles. The summed E-state index contributed by atoms with van der Waals surface area (Å²) in [6, 6.07) is 6.91. The van der Waals surface area contributed by atoms with Gasteiger partial charge in [0.2, 0.25) is 0 Å². The first-order valence-corrected chi connectivity index (χ1v) is 6.41. The van der Waals surface area contributed by atoms with E-state index >= 15 is 0 Å². The van der Waals surface area contributed by atoms with Crippen LogP contribution < -0.4 is 0 Å². The molecule has 0 heterocycles. The summed E-state index contributed by atoms with van der Waals surface area (Å²) in [5.74, 6) is -0.144. The van der Waals surface area contributed by atoms with E-state index in [2.05, 4.69) is 0 Å². The fourth-order valence-corrected chi connectivity index (χ4v) is 1.63. The minimum atomic E-state index is -0.487. The third-order valence-electron chi connectivity index (χ3n) is 2.65. The van der Waals surface area contributed by atoms with Crippen LogP contribution in [0.5, 0.6) is 5.75 Å². The Morgan fingerprint density at radius 3 is 2.68 bits per heavy atom. The summed E-state index contributed by atoms with van der Waals surface area (Å²) in [5.41, 5.74) is 1.06. The highest BCUT2D eigenvalue weighted by atomic mass is 16.5. The first-order valence-electron chi connectivity index (χ1n) is 6.41. The summed E-state index contributed by atoms with van der Waals surface area (Å²) in [5, 5.41) is 18.9. The van der Waals surface area contributed by atoms with E-state index in [1.165, 1.54) is 6.08 Å². The van der Waals surface area contributed by atoms with Crippen LogP contribution in [0.15, 0.2) is 36.4 Å². The van der Waals surface area contributed by atoms with Crippen molar-refractivity contribution in [3.63, 3.8) is 0 Å². The molecule has 4 nitrogen and oxygen atoms in total. The summed E-state index contributed by atoms with van der Waals surface area (Å²) in [6.07, 6.45) is 4.25. The van der Waals surface area contributed by atoms with Crippen molar-refractivity contribution in [1.29, 1.82) is 0 Å². The molecule has 0 aliphatic rings. The van der Waals surface area contributed by atoms with Crippen molar-refractivity contribution >= 4 is 5.97 Å². The van der Waals surface area contributed by atoms with Crippen molar-refractivity contribution in [3.05, 3.63) is 42.0 Å². The maximum Gasteiger partial charge on any atom is 0.330 e. The molecule has 0 saturated heterocycles. The molecule has 1 aromatic rings. The number of aliphatic hydroxyl groups excluding tert-OH is 1. The zero-order valence-electron chi connectivity index (χ0n) is 11.1. The number of hydrogen-bond acceptors (Lipinski definition) is 4. The Bertz CT molecular complexity index is 409. The van der Waals surface area contributed by atoms with Crippen molar-refractivity contribution in [2.45, 2.75) is 32.3 Å². The SMILES string of the molecule is CCOC(=O)/C=C/C[C@@H](O)CCc1ccc(O)cc1. The van der Waals surface area contributed by atoms with Crippen LogP contribution in [0.4, 0.5) is 0 Å². The number of carbonyl (C=O) groups excluding carboxylic acids is 1. The van der Waals surface area contributed by atoms with Gasteiger partial charge in [0, 0.05) is 6.08 Å². The average Bonchev–Trinajstić information content (AvgIpc) is 2.38. The number of benzene rings is 1. The number of phenolic OH excluding ortho intramolecular Hbond substituents is 1. The van der Waals surface area contributed by atoms with Crippen molar-refractivity contribution in [3.8, 4) is 5.75 Å². The topological polar surface area (TPSA) is 66.8 Å². The van der Waals surface area contributed by atoms with Gasteiger partial charge >= 0.3 is 5.97 Å². The van der Waals surface area contributed by atoms with Crippen LogP contribution in [0.2, 0.25) is 0 Å². The molecule has 0 aliphatic carbocycles. The van der Waals surface area contributed by atoms with E-state index in [0.717, 1.165) is 12.0 Å². The maximum atomic E-state index is 11.0. The van der Waals surface area contributed by atoms with Crippen LogP contribution in [0.25, 0.3) is 0 Å². The van der Waals surface area contributed by atoms with Gasteiger partial charge in [0.25, 0.3) is 0 Å². The second kappa shape index (κ2) is 8.32. The number of aliphatic hydroxyl groups is 1. The number of hydrogen-bond donors (Lipinski definition) is 2. The largest absolute Gasteiger partial charge is 0.508 e. The predicted octanol–water partition coefficient (Wildman–Crippen LogP) is 2.20. The fraction of sp³-hybridized carbons (Fsp3) is 0.400. The predicted molar refractivity (Wildman–Crippen MR) is 72.8 cm³/mol. The lowest BCUT2D eigenvalue weighted by Gasteiger charge is -2.07. The van der Waals surface area contributed by atoms with Gasteiger partial charge in [0.15, 0.2) is 0 Å². The van der Waals surface area contributed by atoms with Crippen molar-refractivity contribution in [2.75, 3.05) is 6.61 Å². The number of aromatic hydroxyl groups is 1. The molecule has 1 aromatic carbocycles. The molecule has 19 heavy (non-hydrogen) atoms. The summed E-state index contributed by atoms with van der Waals surface area (Å²) < 4.78 is 4.73. The molecule has 0 bridgehead atoms. The molecule has 0 amide bonds. The maximum absolute atomic E-state index is 11.0. The van der Waals surface area contributed by atoms with E-state index in [9.17, 15) is 9.90 Å². The summed E-state index contributed by atoms with van der Waals surface area (Å²) in [7, 11) is 0. The van der Waals surface area contributed by atoms with Crippen LogP contribution in [0, 0.1) is 0 Å². The molecule has 4 heteroatoms. The van der Waals surface area contributed by atoms with Crippen LogP contribution >= 0.6 is 0 Å². The van der Waals surface area contributed by atoms with Gasteiger partial charge in [0.05, 0.1) is 12.7 Å². The zero-order chi connectivity index (χ0) is 14.1. The molecule has 0 spiro atoms. The van der Waals surface area contributed by atoms with Crippen LogP contribution in [-0.2, 0) is 16.0 Å². The van der Waals surface area contributed by atoms with Gasteiger partial charge in [-0.15, -0.1) is 0 Å². The lowest BCUT2D eigenvalue weighted by Crippen LogP contribution is -2.07. The Morgan fingerprint density at radius 1 is 1.37 bits per heavy atom. The highest BCUT2D eigenvalue weighted by Gasteiger charge is 2.03. The molecular weight excluding hydrogens is 244 g/mol. The summed E-state index contributed by atoms with van der Waals surface area (Å²) >= 11 is 0. The Balaban J connectivity index is 2.26. The van der Waals surface area contributed by atoms with Gasteiger partial charge in [-0.3, -0.25) is 0 Å². The van der Waals surface area contributed by atoms with E-state index in [1.54, 1.807) is 25.1 Å². The minimum Gasteiger partial charge on any atom is -0.508 e. The second-order valence-electron chi connectivity index (χ2n) is 4.25. The molecule has 0 aromatic heterocycles. The average molecular weight is 264 g/mol. The van der Waals surface area contributed by atoms with Crippen molar-refractivity contribution in [2.24, 2.45) is 0 Å². The van der Waals surface area contributed by atoms with Gasteiger partial charge in [-0.1, -0.05) is 18.2 Å². The number of carbonyl (C=O) groups is 1. The molecule has 1 atom stereocenters. The van der Waals surface area contributed by atoms with Crippen LogP contribution in [0.1, 0.15) is 25.3 Å². The minimum absolute atomic E-state index is 0.238. The lowest BCUT2D eigenvalue weighted by atomic mass is 10.0. The number of aryl methyl sites for hydroxylation is 1. The quantitative estimate of drug-likeness (QED) is 0.585. The first kappa shape index (κ1) is 15.2. The Kier molecular flexibility index (Phi) is 6.68. The molecule has 104 valence electrons. The molecule has 1 rings (SSSR count). The standard InChI is InChI=1S/C15H20O4/c1-2-19-15(18)5-3-4-13(16)9-6-12-7-10-14(17)11-8-12/h3,5,7-8,10-11,13,16-17H,2,4,6,9H2,1H3/b5-3+/t13-/m1/s1. The normalized spacial score (nSPS) is 12.5. The molecule has 0 radical (unpaired) electrons. The molecule has 2 N–H and O–H groups in total. The van der Waals surface area contributed by atoms with Crippen molar-refractivity contribution < 1.29 is 19.7 Å². The number of phenols is 1. The van der Waals surface area contributed by atoms with Crippen LogP contribution in [-0.4, -0.2) is 28.9 Å². The highest BCUT2D eigenvalue weighted by molar-refractivity contribution is 5.81. The fourth-order valence-electron chi connectivity index (χ4n) is 1.63. The molecular formula is C15H20O4. The molecule has 0 unspecified atom stereocenters. The third-order valence-corrected chi connectivity index (χ3v) is 2.65. The third kappa shape index (κ3) is 6.62. The van der Waals surface area contributed by atoms with E-state index in [4.69, 9.17) is 9.84 Å². The number of ether oxygens (including phenoxy) is 1. The summed E-state index contributed by atoms with van der Waals surface area (Å²) in [4.78, 5) is 11.0. The van der Waals surface area contributed by atoms with Crippen molar-refractivity contribution in [1.82, 2.24) is 0 Å². The first-order chi connectivity index (χ1) is 9.11. The Morgan fingerprint density at radius 2 is 2.05 bits per heavy atom. The van der Waals surface area contributed by atoms with Crippen LogP contribution in [0.3, 0.4) is 0 Å². The highest BCUT2D eigenvalue weighted by Crippen LogP contribution is 2.12. The van der Waals surface area contributed by atoms with Gasteiger partial charge in [-0.2, -0.15) is 0 Å². The van der Waals surface area contributed by atoms with E-state index in [0.29, 0.717) is 19.4 Å². The lowest BCUT2D eigenvalue weighted by molar-refractivity contribution is -0.137. The summed E-state index contributed by atoms with van der Waals surface area (Å²) in [6.45, 7) is 2.10. The van der Waals surface area contributed by atoms with Gasteiger partial charge < -0.3 is 14.9 Å². The Labute approximate surface area is 113 Å². The molecule has 0 fully saturated rings. The Hall–Kier alpha value is -1.81. The van der Waals surface area contributed by atoms with E-state index < -0.39 is 6.10 Å². The van der Waals surface area contributed by atoms with Gasteiger partial charge in [-0.05, 0) is 43.9 Å². The zero-order valence-corrected chi connectivity index (χ0v) is 11.1.